The Labute approximate surface area is 115 Å². The molecule has 3 heteroatoms. The number of aliphatic hydroxyl groups excluding tert-OH is 2. The van der Waals surface area contributed by atoms with Crippen LogP contribution in [-0.2, 0) is 11.2 Å². The van der Waals surface area contributed by atoms with E-state index in [0.29, 0.717) is 12.8 Å². The third-order valence-electron chi connectivity index (χ3n) is 3.51. The molecule has 1 aromatic carbocycles. The Balaban J connectivity index is 2.63. The number of benzene rings is 1. The van der Waals surface area contributed by atoms with Crippen LogP contribution in [-0.4, -0.2) is 28.2 Å². The molecule has 0 spiro atoms. The third kappa shape index (κ3) is 4.77. The van der Waals surface area contributed by atoms with Gasteiger partial charge in [0.2, 0.25) is 0 Å². The molecule has 0 fully saturated rings. The van der Waals surface area contributed by atoms with Gasteiger partial charge in [0.1, 0.15) is 5.78 Å². The van der Waals surface area contributed by atoms with Crippen LogP contribution in [0, 0.1) is 11.8 Å². The molecule has 0 radical (unpaired) electrons. The van der Waals surface area contributed by atoms with Gasteiger partial charge in [-0.3, -0.25) is 4.79 Å². The molecule has 106 valence electrons. The van der Waals surface area contributed by atoms with Gasteiger partial charge in [0, 0.05) is 0 Å². The highest BCUT2D eigenvalue weighted by atomic mass is 16.3. The van der Waals surface area contributed by atoms with Crippen LogP contribution in [0.5, 0.6) is 0 Å². The molecule has 19 heavy (non-hydrogen) atoms. The van der Waals surface area contributed by atoms with Gasteiger partial charge in [-0.25, -0.2) is 0 Å². The van der Waals surface area contributed by atoms with Crippen molar-refractivity contribution in [1.82, 2.24) is 0 Å². The Bertz CT molecular complexity index is 386. The molecular formula is C16H24O3. The molecule has 0 heterocycles. The number of carbonyl (C=O) groups excluding carboxylic acids is 1. The topological polar surface area (TPSA) is 57.5 Å². The van der Waals surface area contributed by atoms with Crippen molar-refractivity contribution in [1.29, 1.82) is 0 Å². The largest absolute Gasteiger partial charge is 0.392 e. The minimum atomic E-state index is -0.796. The molecule has 0 saturated heterocycles. The van der Waals surface area contributed by atoms with Crippen LogP contribution < -0.4 is 0 Å². The number of aryl methyl sites for hydroxylation is 1. The summed E-state index contributed by atoms with van der Waals surface area (Å²) in [7, 11) is 0. The number of hydrogen-bond acceptors (Lipinski definition) is 3. The fraction of sp³-hybridized carbons (Fsp3) is 0.562. The zero-order chi connectivity index (χ0) is 14.4. The van der Waals surface area contributed by atoms with E-state index in [2.05, 4.69) is 0 Å². The minimum absolute atomic E-state index is 0.0414. The number of aliphatic hydroxyl groups is 2. The summed E-state index contributed by atoms with van der Waals surface area (Å²) in [6, 6.07) is 9.84. The molecule has 1 rings (SSSR count). The van der Waals surface area contributed by atoms with Crippen molar-refractivity contribution in [3.8, 4) is 0 Å². The second kappa shape index (κ2) is 7.41. The van der Waals surface area contributed by atoms with Crippen LogP contribution in [0.3, 0.4) is 0 Å². The molecule has 1 aromatic rings. The van der Waals surface area contributed by atoms with Crippen LogP contribution in [0.15, 0.2) is 30.3 Å². The van der Waals surface area contributed by atoms with Gasteiger partial charge in [-0.15, -0.1) is 0 Å². The first-order valence-electron chi connectivity index (χ1n) is 6.84. The summed E-state index contributed by atoms with van der Waals surface area (Å²) in [5.41, 5.74) is 1.13. The average molecular weight is 264 g/mol. The van der Waals surface area contributed by atoms with E-state index < -0.39 is 18.1 Å². The lowest BCUT2D eigenvalue weighted by Gasteiger charge is -2.28. The van der Waals surface area contributed by atoms with Crippen LogP contribution in [0.4, 0.5) is 0 Å². The monoisotopic (exact) mass is 264 g/mol. The highest BCUT2D eigenvalue weighted by Gasteiger charge is 2.32. The Morgan fingerprint density at radius 1 is 1.16 bits per heavy atom. The predicted molar refractivity (Wildman–Crippen MR) is 75.8 cm³/mol. The lowest BCUT2D eigenvalue weighted by atomic mass is 9.84. The lowest BCUT2D eigenvalue weighted by Crippen LogP contribution is -2.40. The van der Waals surface area contributed by atoms with Crippen molar-refractivity contribution >= 4 is 5.78 Å². The second-order valence-corrected chi connectivity index (χ2v) is 5.46. The molecule has 3 nitrogen and oxygen atoms in total. The zero-order valence-electron chi connectivity index (χ0n) is 11.9. The van der Waals surface area contributed by atoms with Crippen molar-refractivity contribution in [2.45, 2.75) is 45.8 Å². The first-order valence-corrected chi connectivity index (χ1v) is 6.84. The lowest BCUT2D eigenvalue weighted by molar-refractivity contribution is -0.131. The molecule has 2 N–H and O–H groups in total. The van der Waals surface area contributed by atoms with Crippen LogP contribution in [0.1, 0.15) is 32.8 Å². The maximum atomic E-state index is 11.6. The SMILES string of the molecule is CC(=O)C(C(O)CCc1ccccc1)C(O)C(C)C. The average Bonchev–Trinajstić information content (AvgIpc) is 2.37. The fourth-order valence-electron chi connectivity index (χ4n) is 2.29. The molecule has 3 atom stereocenters. The van der Waals surface area contributed by atoms with Crippen molar-refractivity contribution < 1.29 is 15.0 Å². The Kier molecular flexibility index (Phi) is 6.19. The fourth-order valence-corrected chi connectivity index (χ4v) is 2.29. The molecular weight excluding hydrogens is 240 g/mol. The Morgan fingerprint density at radius 2 is 1.74 bits per heavy atom. The van der Waals surface area contributed by atoms with Crippen molar-refractivity contribution in [2.24, 2.45) is 11.8 Å². The number of rotatable bonds is 7. The van der Waals surface area contributed by atoms with Crippen molar-refractivity contribution in [3.05, 3.63) is 35.9 Å². The summed E-state index contributed by atoms with van der Waals surface area (Å²) in [5.74, 6) is -0.884. The van der Waals surface area contributed by atoms with Gasteiger partial charge in [-0.2, -0.15) is 0 Å². The summed E-state index contributed by atoms with van der Waals surface area (Å²) in [6.45, 7) is 5.14. The third-order valence-corrected chi connectivity index (χ3v) is 3.51. The molecule has 0 aliphatic heterocycles. The van der Waals surface area contributed by atoms with Crippen LogP contribution in [0.2, 0.25) is 0 Å². The van der Waals surface area contributed by atoms with E-state index in [1.165, 1.54) is 6.92 Å². The van der Waals surface area contributed by atoms with Crippen molar-refractivity contribution in [3.63, 3.8) is 0 Å². The van der Waals surface area contributed by atoms with Gasteiger partial charge in [0.15, 0.2) is 0 Å². The first kappa shape index (κ1) is 15.9. The maximum Gasteiger partial charge on any atom is 0.138 e. The molecule has 3 unspecified atom stereocenters. The van der Waals surface area contributed by atoms with E-state index in [1.807, 2.05) is 44.2 Å². The summed E-state index contributed by atoms with van der Waals surface area (Å²) in [4.78, 5) is 11.6. The summed E-state index contributed by atoms with van der Waals surface area (Å²) < 4.78 is 0. The second-order valence-electron chi connectivity index (χ2n) is 5.46. The molecule has 0 amide bonds. The molecule has 0 aliphatic rings. The van der Waals surface area contributed by atoms with Gasteiger partial charge in [0.25, 0.3) is 0 Å². The van der Waals surface area contributed by atoms with E-state index in [9.17, 15) is 15.0 Å². The molecule has 0 saturated carbocycles. The Morgan fingerprint density at radius 3 is 2.21 bits per heavy atom. The quantitative estimate of drug-likeness (QED) is 0.794. The highest BCUT2D eigenvalue weighted by Crippen LogP contribution is 2.21. The van der Waals surface area contributed by atoms with E-state index in [1.54, 1.807) is 0 Å². The van der Waals surface area contributed by atoms with Gasteiger partial charge in [-0.05, 0) is 31.2 Å². The summed E-state index contributed by atoms with van der Waals surface area (Å²) >= 11 is 0. The normalized spacial score (nSPS) is 16.1. The highest BCUT2D eigenvalue weighted by molar-refractivity contribution is 5.79. The van der Waals surface area contributed by atoms with Gasteiger partial charge in [0.05, 0.1) is 18.1 Å². The maximum absolute atomic E-state index is 11.6. The zero-order valence-corrected chi connectivity index (χ0v) is 11.9. The van der Waals surface area contributed by atoms with Gasteiger partial charge in [-0.1, -0.05) is 44.2 Å². The summed E-state index contributed by atoms with van der Waals surface area (Å²) in [6.07, 6.45) is -0.396. The summed E-state index contributed by atoms with van der Waals surface area (Å²) in [5, 5.41) is 20.2. The van der Waals surface area contributed by atoms with Crippen molar-refractivity contribution in [2.75, 3.05) is 0 Å². The number of ketones is 1. The number of Topliss-reactive ketones (excluding diaryl/α,β-unsaturated/α-hetero) is 1. The molecule has 0 aromatic heterocycles. The van der Waals surface area contributed by atoms with Crippen LogP contribution in [0.25, 0.3) is 0 Å². The minimum Gasteiger partial charge on any atom is -0.392 e. The van der Waals surface area contributed by atoms with E-state index >= 15 is 0 Å². The van der Waals surface area contributed by atoms with E-state index in [4.69, 9.17) is 0 Å². The predicted octanol–water partition coefficient (Wildman–Crippen LogP) is 2.20. The van der Waals surface area contributed by atoms with E-state index in [0.717, 1.165) is 5.56 Å². The number of carbonyl (C=O) groups is 1. The van der Waals surface area contributed by atoms with Crippen LogP contribution >= 0.6 is 0 Å². The first-order chi connectivity index (χ1) is 8.93. The van der Waals surface area contributed by atoms with Gasteiger partial charge >= 0.3 is 0 Å². The molecule has 0 bridgehead atoms. The standard InChI is InChI=1S/C16H24O3/c1-11(2)16(19)15(12(3)17)14(18)10-9-13-7-5-4-6-8-13/h4-8,11,14-16,18-19H,9-10H2,1-3H3. The Hall–Kier alpha value is -1.19. The number of hydrogen-bond donors (Lipinski definition) is 2. The molecule has 0 aliphatic carbocycles. The smallest absolute Gasteiger partial charge is 0.138 e. The van der Waals surface area contributed by atoms with E-state index in [-0.39, 0.29) is 11.7 Å². The van der Waals surface area contributed by atoms with Gasteiger partial charge < -0.3 is 10.2 Å².